The summed E-state index contributed by atoms with van der Waals surface area (Å²) in [4.78, 5) is 12.4. The van der Waals surface area contributed by atoms with Crippen LogP contribution < -0.4 is 0 Å². The van der Waals surface area contributed by atoms with E-state index in [1.165, 1.54) is 48.8 Å². The third kappa shape index (κ3) is 4.35. The molecule has 0 aromatic heterocycles. The van der Waals surface area contributed by atoms with Crippen molar-refractivity contribution < 1.29 is 4.79 Å². The van der Waals surface area contributed by atoms with Gasteiger partial charge in [0, 0.05) is 12.0 Å². The van der Waals surface area contributed by atoms with Gasteiger partial charge >= 0.3 is 0 Å². The van der Waals surface area contributed by atoms with Gasteiger partial charge in [0.1, 0.15) is 0 Å². The molecule has 24 heavy (non-hydrogen) atoms. The highest BCUT2D eigenvalue weighted by atomic mass is 16.1. The maximum absolute atomic E-state index is 12.4. The lowest BCUT2D eigenvalue weighted by Crippen LogP contribution is -2.02. The van der Waals surface area contributed by atoms with E-state index in [1.54, 1.807) is 0 Å². The van der Waals surface area contributed by atoms with Crippen LogP contribution in [-0.2, 0) is 6.42 Å². The van der Waals surface area contributed by atoms with E-state index >= 15 is 0 Å². The van der Waals surface area contributed by atoms with Gasteiger partial charge in [0.05, 0.1) is 0 Å². The predicted molar refractivity (Wildman–Crippen MR) is 101 cm³/mol. The first-order valence-corrected chi connectivity index (χ1v) is 9.49. The van der Waals surface area contributed by atoms with E-state index in [-0.39, 0.29) is 0 Å². The number of ketones is 1. The van der Waals surface area contributed by atoms with Gasteiger partial charge in [-0.15, -0.1) is 0 Å². The average molecular weight is 320 g/mol. The molecule has 126 valence electrons. The summed E-state index contributed by atoms with van der Waals surface area (Å²) in [6.45, 7) is 2.20. The van der Waals surface area contributed by atoms with E-state index in [2.05, 4.69) is 43.3 Å². The standard InChI is InChI=1S/C23H28O/c1-2-5-18-8-11-20(12-9-18)21-13-15-22(16-14-21)23(24)17-10-19-6-3-4-7-19/h8-9,11-16,19H,2-7,10,17H2,1H3. The highest BCUT2D eigenvalue weighted by Crippen LogP contribution is 2.29. The first-order valence-electron chi connectivity index (χ1n) is 9.49. The molecule has 2 aromatic rings. The summed E-state index contributed by atoms with van der Waals surface area (Å²) >= 11 is 0. The molecule has 0 atom stereocenters. The fourth-order valence-electron chi connectivity index (χ4n) is 3.78. The summed E-state index contributed by atoms with van der Waals surface area (Å²) in [6.07, 6.45) is 9.43. The van der Waals surface area contributed by atoms with Gasteiger partial charge < -0.3 is 0 Å². The van der Waals surface area contributed by atoms with Crippen LogP contribution in [0.5, 0.6) is 0 Å². The molecular formula is C23H28O. The van der Waals surface area contributed by atoms with Crippen molar-refractivity contribution in [2.45, 2.75) is 58.3 Å². The second-order valence-corrected chi connectivity index (χ2v) is 7.14. The number of aryl methyl sites for hydroxylation is 1. The zero-order valence-electron chi connectivity index (χ0n) is 14.8. The van der Waals surface area contributed by atoms with Gasteiger partial charge in [-0.05, 0) is 35.4 Å². The molecule has 0 unspecified atom stereocenters. The first kappa shape index (κ1) is 17.0. The Hall–Kier alpha value is -1.89. The largest absolute Gasteiger partial charge is 0.294 e. The van der Waals surface area contributed by atoms with Crippen LogP contribution in [0, 0.1) is 5.92 Å². The maximum atomic E-state index is 12.4. The lowest BCUT2D eigenvalue weighted by atomic mass is 9.96. The molecule has 1 heteroatoms. The van der Waals surface area contributed by atoms with Gasteiger partial charge in [-0.3, -0.25) is 4.79 Å². The van der Waals surface area contributed by atoms with Crippen LogP contribution >= 0.6 is 0 Å². The molecule has 1 fully saturated rings. The Kier molecular flexibility index (Phi) is 5.85. The zero-order valence-corrected chi connectivity index (χ0v) is 14.8. The summed E-state index contributed by atoms with van der Waals surface area (Å²) in [5.74, 6) is 1.08. The van der Waals surface area contributed by atoms with Crippen molar-refractivity contribution >= 4 is 5.78 Å². The number of benzene rings is 2. The Bertz CT molecular complexity index is 645. The average Bonchev–Trinajstić information content (AvgIpc) is 3.14. The minimum absolute atomic E-state index is 0.298. The normalized spacial score (nSPS) is 14.9. The third-order valence-electron chi connectivity index (χ3n) is 5.29. The van der Waals surface area contributed by atoms with Gasteiger partial charge in [0.25, 0.3) is 0 Å². The molecule has 1 saturated carbocycles. The molecule has 0 heterocycles. The summed E-state index contributed by atoms with van der Waals surface area (Å²) in [7, 11) is 0. The molecule has 1 aliphatic rings. The van der Waals surface area contributed by atoms with E-state index in [9.17, 15) is 4.79 Å². The minimum atomic E-state index is 0.298. The third-order valence-corrected chi connectivity index (χ3v) is 5.29. The number of rotatable bonds is 7. The monoisotopic (exact) mass is 320 g/mol. The minimum Gasteiger partial charge on any atom is -0.294 e. The molecular weight excluding hydrogens is 292 g/mol. The quantitative estimate of drug-likeness (QED) is 0.535. The van der Waals surface area contributed by atoms with Crippen LogP contribution in [0.2, 0.25) is 0 Å². The van der Waals surface area contributed by atoms with Gasteiger partial charge in [-0.25, -0.2) is 0 Å². The summed E-state index contributed by atoms with van der Waals surface area (Å²) in [5, 5.41) is 0. The van der Waals surface area contributed by atoms with Crippen molar-refractivity contribution in [3.05, 3.63) is 59.7 Å². The zero-order chi connectivity index (χ0) is 16.8. The Labute approximate surface area is 146 Å². The topological polar surface area (TPSA) is 17.1 Å². The molecule has 0 radical (unpaired) electrons. The maximum Gasteiger partial charge on any atom is 0.162 e. The van der Waals surface area contributed by atoms with Gasteiger partial charge in [0.15, 0.2) is 5.78 Å². The van der Waals surface area contributed by atoms with Crippen molar-refractivity contribution in [3.8, 4) is 11.1 Å². The Morgan fingerprint density at radius 3 is 2.08 bits per heavy atom. The van der Waals surface area contributed by atoms with Crippen LogP contribution in [0.1, 0.15) is 67.8 Å². The van der Waals surface area contributed by atoms with Gasteiger partial charge in [-0.2, -0.15) is 0 Å². The first-order chi connectivity index (χ1) is 11.8. The highest BCUT2D eigenvalue weighted by molar-refractivity contribution is 5.96. The van der Waals surface area contributed by atoms with E-state index in [4.69, 9.17) is 0 Å². The van der Waals surface area contributed by atoms with Crippen molar-refractivity contribution in [2.75, 3.05) is 0 Å². The molecule has 3 rings (SSSR count). The number of carbonyl (C=O) groups is 1. The molecule has 1 aliphatic carbocycles. The Balaban J connectivity index is 1.60. The molecule has 0 saturated heterocycles. The number of hydrogen-bond donors (Lipinski definition) is 0. The molecule has 0 N–H and O–H groups in total. The van der Waals surface area contributed by atoms with Crippen molar-refractivity contribution in [3.63, 3.8) is 0 Å². The number of carbonyl (C=O) groups excluding carboxylic acids is 1. The van der Waals surface area contributed by atoms with Crippen molar-refractivity contribution in [1.29, 1.82) is 0 Å². The van der Waals surface area contributed by atoms with Crippen LogP contribution in [0.15, 0.2) is 48.5 Å². The number of Topliss-reactive ketones (excluding diaryl/α,β-unsaturated/α-hetero) is 1. The van der Waals surface area contributed by atoms with Crippen LogP contribution in [-0.4, -0.2) is 5.78 Å². The summed E-state index contributed by atoms with van der Waals surface area (Å²) in [5.41, 5.74) is 4.66. The second kappa shape index (κ2) is 8.28. The molecule has 0 bridgehead atoms. The van der Waals surface area contributed by atoms with Crippen molar-refractivity contribution in [1.82, 2.24) is 0 Å². The van der Waals surface area contributed by atoms with Crippen LogP contribution in [0.4, 0.5) is 0 Å². The fourth-order valence-corrected chi connectivity index (χ4v) is 3.78. The predicted octanol–water partition coefficient (Wildman–Crippen LogP) is 6.46. The molecule has 0 spiro atoms. The number of hydrogen-bond acceptors (Lipinski definition) is 1. The second-order valence-electron chi connectivity index (χ2n) is 7.14. The molecule has 0 aliphatic heterocycles. The van der Waals surface area contributed by atoms with Gasteiger partial charge in [0.2, 0.25) is 0 Å². The van der Waals surface area contributed by atoms with Gasteiger partial charge in [-0.1, -0.05) is 87.6 Å². The van der Waals surface area contributed by atoms with E-state index in [1.807, 2.05) is 12.1 Å². The Morgan fingerprint density at radius 2 is 1.50 bits per heavy atom. The fraction of sp³-hybridized carbons (Fsp3) is 0.435. The van der Waals surface area contributed by atoms with Crippen molar-refractivity contribution in [2.24, 2.45) is 5.92 Å². The van der Waals surface area contributed by atoms with Crippen LogP contribution in [0.25, 0.3) is 11.1 Å². The van der Waals surface area contributed by atoms with E-state index in [0.717, 1.165) is 24.3 Å². The van der Waals surface area contributed by atoms with Crippen LogP contribution in [0.3, 0.4) is 0 Å². The highest BCUT2D eigenvalue weighted by Gasteiger charge is 2.16. The summed E-state index contributed by atoms with van der Waals surface area (Å²) < 4.78 is 0. The summed E-state index contributed by atoms with van der Waals surface area (Å²) in [6, 6.07) is 16.9. The lowest BCUT2D eigenvalue weighted by molar-refractivity contribution is 0.0974. The lowest BCUT2D eigenvalue weighted by Gasteiger charge is -2.08. The molecule has 2 aromatic carbocycles. The van der Waals surface area contributed by atoms with E-state index in [0.29, 0.717) is 12.2 Å². The molecule has 1 nitrogen and oxygen atoms in total. The molecule has 0 amide bonds. The van der Waals surface area contributed by atoms with E-state index < -0.39 is 0 Å². The SMILES string of the molecule is CCCc1ccc(-c2ccc(C(=O)CCC3CCCC3)cc2)cc1. The Morgan fingerprint density at radius 1 is 0.917 bits per heavy atom. The smallest absolute Gasteiger partial charge is 0.162 e.